The van der Waals surface area contributed by atoms with E-state index < -0.39 is 96.4 Å². The molecule has 1 aromatic carbocycles. The van der Waals surface area contributed by atoms with Crippen molar-refractivity contribution in [2.75, 3.05) is 47.5 Å². The number of carbonyl (C=O) groups is 3. The second-order valence-electron chi connectivity index (χ2n) is 14.1. The van der Waals surface area contributed by atoms with E-state index in [9.17, 15) is 55.1 Å². The van der Waals surface area contributed by atoms with Crippen LogP contribution in [-0.4, -0.2) is 157 Å². The molecular formula is C35H50N6O18S2Zn. The van der Waals surface area contributed by atoms with Gasteiger partial charge < -0.3 is 76.4 Å². The molecule has 1 aromatic heterocycles. The number of furan rings is 1. The molecule has 2 aromatic rings. The molecule has 0 radical (unpaired) electrons. The van der Waals surface area contributed by atoms with Crippen molar-refractivity contribution >= 4 is 39.6 Å². The number of aliphatic hydroxyl groups is 5. The first-order valence-electron chi connectivity index (χ1n) is 17.3. The Morgan fingerprint density at radius 1 is 1.06 bits per heavy atom. The summed E-state index contributed by atoms with van der Waals surface area (Å²) < 4.78 is 39.8. The molecule has 1 heterocycles. The van der Waals surface area contributed by atoms with E-state index in [0.29, 0.717) is 12.4 Å². The second kappa shape index (κ2) is 22.7. The van der Waals surface area contributed by atoms with E-state index in [1.54, 1.807) is 18.8 Å². The van der Waals surface area contributed by atoms with Crippen LogP contribution >= 0.6 is 11.8 Å². The third-order valence-electron chi connectivity index (χ3n) is 9.54. The van der Waals surface area contributed by atoms with Crippen molar-refractivity contribution in [1.82, 2.24) is 20.4 Å². The van der Waals surface area contributed by atoms with Gasteiger partial charge in [-0.1, -0.05) is 12.1 Å². The number of hydrogen-bond acceptors (Lipinski definition) is 21. The number of nitrogens with zero attached hydrogens (tertiary/aromatic N) is 3. The van der Waals surface area contributed by atoms with E-state index in [1.807, 2.05) is 26.2 Å². The fourth-order valence-corrected chi connectivity index (χ4v) is 7.98. The van der Waals surface area contributed by atoms with Gasteiger partial charge in [-0.2, -0.15) is 11.8 Å². The van der Waals surface area contributed by atoms with Crippen molar-refractivity contribution in [3.8, 4) is 5.75 Å². The monoisotopic (exact) mass is 970 g/mol. The van der Waals surface area contributed by atoms with Crippen LogP contribution in [0.1, 0.15) is 34.4 Å². The van der Waals surface area contributed by atoms with Crippen LogP contribution in [-0.2, 0) is 57.4 Å². The summed E-state index contributed by atoms with van der Waals surface area (Å²) in [5, 5.41) is 82.5. The maximum atomic E-state index is 13.3. The molecule has 1 amide bonds. The molecule has 6 atom stereocenters. The smallest absolute Gasteiger partial charge is 0.759 e. The summed E-state index contributed by atoms with van der Waals surface area (Å²) in [4.78, 5) is 51.7. The van der Waals surface area contributed by atoms with Crippen LogP contribution in [0.4, 0.5) is 0 Å². The third-order valence-corrected chi connectivity index (χ3v) is 10.5. The number of ketones is 2. The SMILES string of the molecule is CN(C)[C@@H]1C(O)=C(C(N)=O)C(=O)[C@@]2(O)C(O)=C3C(=O)c4c(O)cccc4[C@@](C)(O)[C@H]3[C@H](O)[C@@H]12.CN/C(=C/[N+](=O)[O-])NCCSCc1ccc(CN(C)C)o1.O.O.O=S(=O)([O-])[O-].[Zn+2]. The molecule has 62 heavy (non-hydrogen) atoms. The van der Waals surface area contributed by atoms with Gasteiger partial charge in [-0.25, -0.2) is 0 Å². The maximum absolute atomic E-state index is 13.3. The van der Waals surface area contributed by atoms with Gasteiger partial charge in [0.15, 0.2) is 17.2 Å². The Bertz CT molecular complexity index is 2150. The van der Waals surface area contributed by atoms with Crippen LogP contribution in [0.2, 0.25) is 0 Å². The van der Waals surface area contributed by atoms with Crippen LogP contribution in [0, 0.1) is 22.0 Å². The molecule has 14 N–H and O–H groups in total. The zero-order valence-corrected chi connectivity index (χ0v) is 38.9. The number of phenolic OH excluding ortho intramolecular Hbond substituents is 1. The number of Topliss-reactive ketones (excluding diaryl/α,β-unsaturated/α-hetero) is 2. The number of amides is 1. The quantitative estimate of drug-likeness (QED) is 0.0198. The second-order valence-corrected chi connectivity index (χ2v) is 16.1. The maximum Gasteiger partial charge on any atom is 2.00 e. The first-order chi connectivity index (χ1) is 27.2. The molecule has 0 saturated carbocycles. The van der Waals surface area contributed by atoms with Gasteiger partial charge in [-0.3, -0.25) is 37.8 Å². The minimum absolute atomic E-state index is 0. The van der Waals surface area contributed by atoms with Gasteiger partial charge in [0.05, 0.1) is 57.9 Å². The Morgan fingerprint density at radius 3 is 2.13 bits per heavy atom. The number of benzene rings is 1. The van der Waals surface area contributed by atoms with Crippen molar-refractivity contribution < 1.29 is 102 Å². The summed E-state index contributed by atoms with van der Waals surface area (Å²) in [6, 6.07) is 6.52. The Balaban J connectivity index is 0.00000111. The van der Waals surface area contributed by atoms with Crippen molar-refractivity contribution in [3.05, 3.63) is 97.8 Å². The number of carbonyl (C=O) groups excluding carboxylic acids is 3. The number of thioether (sulfide) groups is 1. The van der Waals surface area contributed by atoms with Gasteiger partial charge in [0.1, 0.15) is 34.4 Å². The molecule has 0 saturated heterocycles. The largest absolute Gasteiger partial charge is 2.00 e. The van der Waals surface area contributed by atoms with E-state index in [4.69, 9.17) is 27.7 Å². The number of fused-ring (bicyclic) bond motifs is 3. The fraction of sp³-hybridized carbons (Fsp3) is 0.457. The number of primary amides is 1. The topological polar surface area (TPSA) is 429 Å². The third kappa shape index (κ3) is 12.6. The van der Waals surface area contributed by atoms with Crippen molar-refractivity contribution in [2.24, 2.45) is 17.6 Å². The first kappa shape index (κ1) is 57.5. The Morgan fingerprint density at radius 2 is 1.63 bits per heavy atom. The molecule has 0 unspecified atom stereocenters. The summed E-state index contributed by atoms with van der Waals surface area (Å²) in [6.07, 6.45) is -0.951. The predicted molar refractivity (Wildman–Crippen MR) is 213 cm³/mol. The summed E-state index contributed by atoms with van der Waals surface area (Å²) >= 11 is 1.72. The van der Waals surface area contributed by atoms with Crippen molar-refractivity contribution in [3.63, 3.8) is 0 Å². The van der Waals surface area contributed by atoms with Crippen LogP contribution < -0.4 is 16.4 Å². The number of nitro groups is 1. The average molecular weight is 972 g/mol. The molecule has 3 aliphatic carbocycles. The first-order valence-corrected chi connectivity index (χ1v) is 19.8. The Labute approximate surface area is 372 Å². The van der Waals surface area contributed by atoms with Crippen molar-refractivity contribution in [1.29, 1.82) is 0 Å². The summed E-state index contributed by atoms with van der Waals surface area (Å²) in [6.45, 7) is 2.70. The number of nitrogens with two attached hydrogens (primary N) is 1. The molecule has 0 spiro atoms. The molecule has 5 rings (SSSR count). The zero-order valence-electron chi connectivity index (χ0n) is 34.3. The standard InChI is InChI=1S/C22H24N2O9.C13H22N4O3S.H2O4S.2H2O.Zn/c1-21(32)7-5-4-6-8(25)9(7)15(26)10-12(21)17(28)13-14(24(2)3)16(27)11(20(23)31)19(30)22(13,33)18(10)29;1-14-13(9-17(18)19)15-6-7-21-10-12-5-4-11(20-12)8-16(2)3;1-5(2,3)4;;;/h4-6,12-14,17,25,27-29,32-33H,1-3H3,(H2,23,31);4-5,9,14-15H,6-8,10H2,1-3H3;(H2,1,2,3,4);2*1H2;/q;;;;;+2/p-2/b;13-9-;;;;/t12-,13-,14+,17+,21-,22+;;;;;/m1...../s1. The number of likely N-dealkylation sites (N-methyl/N-ethyl adjacent to an activating group) is 1. The molecule has 0 fully saturated rings. The number of rotatable bonds is 12. The Hall–Kier alpha value is -4.51. The minimum Gasteiger partial charge on any atom is -0.759 e. The van der Waals surface area contributed by atoms with Gasteiger partial charge in [0.2, 0.25) is 5.78 Å². The number of aliphatic hydroxyl groups excluding tert-OH is 3. The number of phenols is 1. The van der Waals surface area contributed by atoms with E-state index in [-0.39, 0.29) is 41.6 Å². The van der Waals surface area contributed by atoms with E-state index >= 15 is 0 Å². The van der Waals surface area contributed by atoms with Gasteiger partial charge in [0.25, 0.3) is 12.1 Å². The van der Waals surface area contributed by atoms with Crippen molar-refractivity contribution in [2.45, 2.75) is 42.6 Å². The van der Waals surface area contributed by atoms with E-state index in [0.717, 1.165) is 35.8 Å². The molecular weight excluding hydrogens is 922 g/mol. The molecule has 27 heteroatoms. The number of aromatic hydroxyl groups is 1. The fourth-order valence-electron chi connectivity index (χ4n) is 7.23. The van der Waals surface area contributed by atoms with Gasteiger partial charge in [-0.05, 0) is 58.9 Å². The van der Waals surface area contributed by atoms with E-state index in [1.165, 1.54) is 44.1 Å². The molecule has 0 aliphatic heterocycles. The number of hydrogen-bond donors (Lipinski definition) is 9. The summed E-state index contributed by atoms with van der Waals surface area (Å²) in [5.74, 6) is -5.72. The van der Waals surface area contributed by atoms with Crippen LogP contribution in [0.3, 0.4) is 0 Å². The normalized spacial score (nSPS) is 24.0. The number of nitrogens with one attached hydrogen (secondary N) is 2. The van der Waals surface area contributed by atoms with Gasteiger partial charge in [-0.15, -0.1) is 0 Å². The average Bonchev–Trinajstić information content (AvgIpc) is 3.54. The molecule has 342 valence electrons. The molecule has 0 bridgehead atoms. The predicted octanol–water partition coefficient (Wildman–Crippen LogP) is -2.77. The molecule has 24 nitrogen and oxygen atoms in total. The summed E-state index contributed by atoms with van der Waals surface area (Å²) in [5.41, 5.74) is -1.88. The van der Waals surface area contributed by atoms with Gasteiger partial charge >= 0.3 is 19.5 Å². The van der Waals surface area contributed by atoms with Crippen LogP contribution in [0.15, 0.2) is 69.4 Å². The minimum atomic E-state index is -5.17. The van der Waals surface area contributed by atoms with Crippen LogP contribution in [0.5, 0.6) is 5.75 Å². The van der Waals surface area contributed by atoms with E-state index in [2.05, 4.69) is 15.5 Å². The van der Waals surface area contributed by atoms with Gasteiger partial charge in [0, 0.05) is 29.7 Å². The summed E-state index contributed by atoms with van der Waals surface area (Å²) in [7, 11) is 3.33. The van der Waals surface area contributed by atoms with Crippen LogP contribution in [0.25, 0.3) is 0 Å². The molecule has 3 aliphatic rings. The Kier molecular flexibility index (Phi) is 21.1. The zero-order chi connectivity index (χ0) is 44.9.